The van der Waals surface area contributed by atoms with E-state index in [1.54, 1.807) is 40.7 Å². The van der Waals surface area contributed by atoms with Crippen molar-refractivity contribution in [2.45, 2.75) is 201 Å². The largest absolute Gasteiger partial charge is 0.506 e. The molecule has 6 N–H and O–H groups in total. The van der Waals surface area contributed by atoms with Crippen LogP contribution in [0.1, 0.15) is 113 Å². The Morgan fingerprint density at radius 1 is 0.843 bits per heavy atom. The molecule has 20 atom stereocenters. The van der Waals surface area contributed by atoms with Crippen LogP contribution in [0.2, 0.25) is 0 Å². The van der Waals surface area contributed by atoms with Gasteiger partial charge in [-0.15, -0.1) is 0 Å². The molecule has 8 aliphatic rings. The third kappa shape index (κ3) is 7.19. The van der Waals surface area contributed by atoms with Crippen molar-refractivity contribution in [3.05, 3.63) is 28.3 Å². The van der Waals surface area contributed by atoms with Crippen LogP contribution in [0.3, 0.4) is 0 Å². The van der Waals surface area contributed by atoms with Crippen molar-refractivity contribution >= 4 is 22.5 Å². The number of esters is 1. The summed E-state index contributed by atoms with van der Waals surface area (Å²) >= 11 is 0. The third-order valence-corrected chi connectivity index (χ3v) is 15.6. The smallest absolute Gasteiger partial charge is 0.303 e. The van der Waals surface area contributed by atoms with Crippen molar-refractivity contribution < 1.29 is 107 Å². The first-order valence-electron chi connectivity index (χ1n) is 23.6. The Balaban J connectivity index is 0.971. The van der Waals surface area contributed by atoms with Crippen molar-refractivity contribution in [2.75, 3.05) is 27.9 Å². The average Bonchev–Trinajstić information content (AvgIpc) is 3.93. The Hall–Kier alpha value is -3.40. The molecule has 2 aromatic carbocycles. The van der Waals surface area contributed by atoms with Crippen LogP contribution in [0, 0.1) is 6.92 Å². The lowest BCUT2D eigenvalue weighted by Gasteiger charge is -2.50. The lowest BCUT2D eigenvalue weighted by Crippen LogP contribution is -2.70. The molecule has 1 aliphatic carbocycles. The minimum atomic E-state index is -1.88. The lowest BCUT2D eigenvalue weighted by atomic mass is 9.77. The van der Waals surface area contributed by atoms with E-state index in [1.165, 1.54) is 42.1 Å². The second-order valence-electron chi connectivity index (χ2n) is 20.8. The number of aryl methyl sites for hydroxylation is 1. The van der Waals surface area contributed by atoms with E-state index in [4.69, 9.17) is 66.3 Å². The third-order valence-electron chi connectivity index (χ3n) is 15.6. The zero-order chi connectivity index (χ0) is 50.6. The number of carbonyl (C=O) groups excluding carboxylic acids is 2. The molecule has 2 bridgehead atoms. The van der Waals surface area contributed by atoms with Crippen molar-refractivity contribution in [2.24, 2.45) is 0 Å². The van der Waals surface area contributed by atoms with Gasteiger partial charge in [-0.2, -0.15) is 0 Å². The highest BCUT2D eigenvalue weighted by Crippen LogP contribution is 2.72. The fraction of sp³-hybridized carbons (Fsp3) is 0.750. The number of aliphatic hydroxyl groups excluding tert-OH is 2. The van der Waals surface area contributed by atoms with Gasteiger partial charge in [0.05, 0.1) is 60.3 Å². The molecular weight excluding hydrogens is 929 g/mol. The fourth-order valence-electron chi connectivity index (χ4n) is 12.4. The van der Waals surface area contributed by atoms with Gasteiger partial charge in [0.2, 0.25) is 11.9 Å². The van der Waals surface area contributed by atoms with Gasteiger partial charge in [0.25, 0.3) is 11.6 Å². The lowest BCUT2D eigenvalue weighted by molar-refractivity contribution is -0.396. The average molecular weight is 993 g/mol. The minimum Gasteiger partial charge on any atom is -0.506 e. The molecule has 6 fully saturated rings. The number of hydrogen-bond donors (Lipinski definition) is 6. The summed E-state index contributed by atoms with van der Waals surface area (Å²) < 4.78 is 88.2. The predicted octanol–water partition coefficient (Wildman–Crippen LogP) is 1.86. The summed E-state index contributed by atoms with van der Waals surface area (Å²) in [6, 6.07) is 1.74. The number of epoxide rings is 1. The SMILES string of the molecule is COc1c2c(c(O)c3c4c(c(C)cc13)C1OC3(C(OC)O[C@H]5C[C@](C)(O)[C@@H](O[C@H]6C[C@](C)(O)[C@@H](O)[C@H](C)O6)[C@H](C)O5)OC1C(OC)(O4)C31CO1)C(=O)C(O)CC2O[C@H]1C[C@@](C)(O)[C@H](OC(C)=O)[C@H](C)O1. The van der Waals surface area contributed by atoms with Crippen LogP contribution in [0.4, 0.5) is 0 Å². The molecule has 10 rings (SSSR count). The molecular formula is C48H64O22. The number of benzene rings is 2. The normalized spacial score (nSPS) is 46.3. The number of methoxy groups -OCH3 is 3. The molecule has 22 nitrogen and oxygen atoms in total. The number of ketones is 1. The van der Waals surface area contributed by atoms with Crippen molar-refractivity contribution in [1.82, 2.24) is 0 Å². The van der Waals surface area contributed by atoms with Gasteiger partial charge in [-0.1, -0.05) is 0 Å². The first-order chi connectivity index (χ1) is 32.8. The molecule has 22 heteroatoms. The molecule has 0 aromatic heterocycles. The van der Waals surface area contributed by atoms with Gasteiger partial charge >= 0.3 is 5.97 Å². The highest BCUT2D eigenvalue weighted by Gasteiger charge is 2.93. The molecule has 0 amide bonds. The van der Waals surface area contributed by atoms with E-state index >= 15 is 0 Å². The molecule has 388 valence electrons. The van der Waals surface area contributed by atoms with Gasteiger partial charge < -0.3 is 97.0 Å². The molecule has 7 heterocycles. The maximum atomic E-state index is 14.1. The fourth-order valence-corrected chi connectivity index (χ4v) is 12.4. The van der Waals surface area contributed by atoms with Crippen molar-refractivity contribution in [3.63, 3.8) is 0 Å². The molecule has 7 aliphatic heterocycles. The highest BCUT2D eigenvalue weighted by molar-refractivity contribution is 6.13. The Morgan fingerprint density at radius 3 is 2.06 bits per heavy atom. The van der Waals surface area contributed by atoms with E-state index in [1.807, 2.05) is 0 Å². The Kier molecular flexibility index (Phi) is 12.0. The summed E-state index contributed by atoms with van der Waals surface area (Å²) in [6.07, 6.45) is -15.4. The summed E-state index contributed by atoms with van der Waals surface area (Å²) in [5.74, 6) is -5.40. The van der Waals surface area contributed by atoms with Crippen LogP contribution in [-0.2, 0) is 61.6 Å². The number of carbonyl (C=O) groups is 2. The Bertz CT molecular complexity index is 2440. The van der Waals surface area contributed by atoms with E-state index < -0.39 is 138 Å². The monoisotopic (exact) mass is 992 g/mol. The van der Waals surface area contributed by atoms with Gasteiger partial charge in [-0.3, -0.25) is 9.59 Å². The summed E-state index contributed by atoms with van der Waals surface area (Å²) in [5.41, 5.74) is -5.34. The predicted molar refractivity (Wildman–Crippen MR) is 233 cm³/mol. The van der Waals surface area contributed by atoms with Crippen LogP contribution in [0.5, 0.6) is 17.2 Å². The second kappa shape index (κ2) is 16.8. The Labute approximate surface area is 403 Å². The first kappa shape index (κ1) is 50.1. The van der Waals surface area contributed by atoms with E-state index in [9.17, 15) is 40.2 Å². The van der Waals surface area contributed by atoms with Gasteiger partial charge in [-0.05, 0) is 60.1 Å². The molecule has 0 radical (unpaired) electrons. The van der Waals surface area contributed by atoms with Gasteiger partial charge in [0.1, 0.15) is 47.3 Å². The number of fused-ring (bicyclic) bond motifs is 8. The molecule has 2 aromatic rings. The van der Waals surface area contributed by atoms with E-state index in [-0.39, 0.29) is 60.3 Å². The maximum absolute atomic E-state index is 14.1. The number of aliphatic hydroxyl groups is 5. The number of phenols is 1. The topological polar surface area (TPSA) is 288 Å². The van der Waals surface area contributed by atoms with Gasteiger partial charge in [-0.25, -0.2) is 0 Å². The van der Waals surface area contributed by atoms with Crippen LogP contribution in [0.25, 0.3) is 10.8 Å². The maximum Gasteiger partial charge on any atom is 0.303 e. The molecule has 8 unspecified atom stereocenters. The van der Waals surface area contributed by atoms with E-state index in [2.05, 4.69) is 0 Å². The number of aromatic hydroxyl groups is 1. The van der Waals surface area contributed by atoms with Crippen LogP contribution in [0.15, 0.2) is 6.07 Å². The van der Waals surface area contributed by atoms with Crippen LogP contribution >= 0.6 is 0 Å². The van der Waals surface area contributed by atoms with Crippen LogP contribution < -0.4 is 9.47 Å². The second-order valence-corrected chi connectivity index (χ2v) is 20.8. The quantitative estimate of drug-likeness (QED) is 0.106. The van der Waals surface area contributed by atoms with Crippen molar-refractivity contribution in [1.29, 1.82) is 0 Å². The number of Topliss-reactive ketones (excluding diaryl/α,β-unsaturated/α-hetero) is 1. The summed E-state index contributed by atoms with van der Waals surface area (Å²) in [7, 11) is 4.19. The number of hydrogen-bond acceptors (Lipinski definition) is 22. The summed E-state index contributed by atoms with van der Waals surface area (Å²) in [4.78, 5) is 25.9. The van der Waals surface area contributed by atoms with Gasteiger partial charge in [0, 0.05) is 63.3 Å². The molecule has 70 heavy (non-hydrogen) atoms. The highest BCUT2D eigenvalue weighted by atomic mass is 16.9. The standard InChI is InChI=1S/C48H64O22/c1-18-12-23-30(34(52)32-31(35(23)57-9)25(13-24(50)33(32)51)65-26-15-44(7,55)39(20(3)62-26)64-22(5)49)36-29(18)37-41-47(59-11,68-36)46(17-60-46)48(69-37,70-41)42(58-10)67-28-16-45(8,56)40(21(4)63-28)66-27-14-43(6,54)38(53)19(2)61-27/h12,19-21,24-28,37-42,50,52-56H,13-17H2,1-11H3/t19-,20-,21-,24?,25?,26-,27-,28-,37?,38-,39+,40-,41?,42?,43-,44+,45-,46?,47?,48?/m0/s1. The molecule has 0 saturated carbocycles. The van der Waals surface area contributed by atoms with E-state index in [0.29, 0.717) is 16.5 Å². The first-order valence-corrected chi connectivity index (χ1v) is 23.6. The number of phenolic OH excluding ortho intramolecular Hbond substituents is 1. The number of ether oxygens (including phenoxy) is 14. The van der Waals surface area contributed by atoms with Gasteiger partial charge in [0.15, 0.2) is 36.9 Å². The minimum absolute atomic E-state index is 0.0367. The molecule has 1 spiro atoms. The summed E-state index contributed by atoms with van der Waals surface area (Å²) in [6.45, 7) is 12.5. The molecule has 6 saturated heterocycles. The summed E-state index contributed by atoms with van der Waals surface area (Å²) in [5, 5.41) is 68.6. The number of rotatable bonds is 11. The zero-order valence-electron chi connectivity index (χ0n) is 40.9. The van der Waals surface area contributed by atoms with Crippen LogP contribution in [-0.4, -0.2) is 178 Å². The zero-order valence-corrected chi connectivity index (χ0v) is 40.9. The van der Waals surface area contributed by atoms with Crippen molar-refractivity contribution in [3.8, 4) is 17.2 Å². The van der Waals surface area contributed by atoms with E-state index in [0.717, 1.165) is 0 Å². The Morgan fingerprint density at radius 2 is 1.46 bits per heavy atom.